The van der Waals surface area contributed by atoms with Crippen LogP contribution in [0.1, 0.15) is 38.7 Å². The molecule has 0 spiro atoms. The van der Waals surface area contributed by atoms with Crippen molar-refractivity contribution >= 4 is 10.0 Å². The minimum Gasteiger partial charge on any atom is -0.207 e. The molecule has 0 saturated carbocycles. The molecule has 0 fully saturated rings. The minimum atomic E-state index is -3.33. The van der Waals surface area contributed by atoms with Gasteiger partial charge in [-0.3, -0.25) is 0 Å². The van der Waals surface area contributed by atoms with Crippen LogP contribution in [0.5, 0.6) is 0 Å². The molecule has 1 aromatic rings. The normalized spacial score (nSPS) is 12.0. The van der Waals surface area contributed by atoms with Gasteiger partial charge in [-0.25, -0.2) is 8.42 Å². The van der Waals surface area contributed by atoms with Crippen LogP contribution in [0.4, 0.5) is 0 Å². The highest BCUT2D eigenvalue weighted by Gasteiger charge is 2.24. The third kappa shape index (κ3) is 3.56. The van der Waals surface area contributed by atoms with Crippen LogP contribution >= 0.6 is 0 Å². The molecule has 1 aromatic carbocycles. The second kappa shape index (κ2) is 6.90. The fourth-order valence-electron chi connectivity index (χ4n) is 1.92. The van der Waals surface area contributed by atoms with E-state index in [4.69, 9.17) is 0 Å². The smallest absolute Gasteiger partial charge is 0.207 e. The molecule has 0 amide bonds. The third-order valence-corrected chi connectivity index (χ3v) is 5.00. The van der Waals surface area contributed by atoms with Gasteiger partial charge < -0.3 is 0 Å². The molecule has 0 N–H and O–H groups in total. The van der Waals surface area contributed by atoms with Gasteiger partial charge in [0.25, 0.3) is 0 Å². The van der Waals surface area contributed by atoms with Crippen molar-refractivity contribution in [2.24, 2.45) is 0 Å². The Hall–Kier alpha value is -0.870. The van der Waals surface area contributed by atoms with Crippen molar-refractivity contribution < 1.29 is 8.42 Å². The van der Waals surface area contributed by atoms with Gasteiger partial charge in [0, 0.05) is 13.1 Å². The standard InChI is InChI=1S/C14H23NO2S/c1-4-6-12-15(11-5-2)18(16,17)14-10-8-7-9-13(14)3/h7-10H,4-6,11-12H2,1-3H3. The Kier molecular flexibility index (Phi) is 5.82. The van der Waals surface area contributed by atoms with Gasteiger partial charge in [-0.1, -0.05) is 38.5 Å². The van der Waals surface area contributed by atoms with Gasteiger partial charge in [-0.2, -0.15) is 4.31 Å². The Morgan fingerprint density at radius 2 is 1.72 bits per heavy atom. The molecule has 0 heterocycles. The van der Waals surface area contributed by atoms with Gasteiger partial charge in [0.15, 0.2) is 0 Å². The number of nitrogens with zero attached hydrogens (tertiary/aromatic N) is 1. The molecule has 0 aromatic heterocycles. The maximum atomic E-state index is 12.6. The lowest BCUT2D eigenvalue weighted by Crippen LogP contribution is -2.33. The van der Waals surface area contributed by atoms with Gasteiger partial charge in [0.1, 0.15) is 0 Å². The van der Waals surface area contributed by atoms with Crippen LogP contribution in [0.15, 0.2) is 29.2 Å². The van der Waals surface area contributed by atoms with Crippen molar-refractivity contribution in [1.29, 1.82) is 0 Å². The van der Waals surface area contributed by atoms with Gasteiger partial charge in [-0.05, 0) is 31.4 Å². The number of unbranched alkanes of at least 4 members (excludes halogenated alkanes) is 1. The summed E-state index contributed by atoms with van der Waals surface area (Å²) in [7, 11) is -3.33. The summed E-state index contributed by atoms with van der Waals surface area (Å²) >= 11 is 0. The van der Waals surface area contributed by atoms with E-state index >= 15 is 0 Å². The molecule has 0 unspecified atom stereocenters. The van der Waals surface area contributed by atoms with Crippen LogP contribution in [0.3, 0.4) is 0 Å². The van der Waals surface area contributed by atoms with E-state index in [0.717, 1.165) is 24.8 Å². The van der Waals surface area contributed by atoms with Crippen LogP contribution < -0.4 is 0 Å². The highest BCUT2D eigenvalue weighted by atomic mass is 32.2. The van der Waals surface area contributed by atoms with Crippen LogP contribution in [-0.2, 0) is 10.0 Å². The summed E-state index contributed by atoms with van der Waals surface area (Å²) in [6, 6.07) is 7.19. The summed E-state index contributed by atoms with van der Waals surface area (Å²) in [6.45, 7) is 7.13. The highest BCUT2D eigenvalue weighted by molar-refractivity contribution is 7.89. The van der Waals surface area contributed by atoms with E-state index in [1.54, 1.807) is 16.4 Å². The lowest BCUT2D eigenvalue weighted by molar-refractivity contribution is 0.402. The number of rotatable bonds is 7. The van der Waals surface area contributed by atoms with E-state index in [1.165, 1.54) is 0 Å². The Bertz CT molecular complexity index is 468. The predicted octanol–water partition coefficient (Wildman–Crippen LogP) is 3.20. The Morgan fingerprint density at radius 3 is 2.28 bits per heavy atom. The van der Waals surface area contributed by atoms with Crippen LogP contribution in [0.25, 0.3) is 0 Å². The van der Waals surface area contributed by atoms with E-state index in [9.17, 15) is 8.42 Å². The van der Waals surface area contributed by atoms with Crippen LogP contribution in [0, 0.1) is 6.92 Å². The molecule has 0 atom stereocenters. The lowest BCUT2D eigenvalue weighted by atomic mass is 10.2. The predicted molar refractivity (Wildman–Crippen MR) is 75.1 cm³/mol. The first-order valence-electron chi connectivity index (χ1n) is 6.59. The molecule has 1 rings (SSSR count). The molecule has 0 bridgehead atoms. The molecule has 0 saturated heterocycles. The number of hydrogen-bond acceptors (Lipinski definition) is 2. The van der Waals surface area contributed by atoms with Crippen LogP contribution in [-0.4, -0.2) is 25.8 Å². The van der Waals surface area contributed by atoms with Crippen molar-refractivity contribution in [3.63, 3.8) is 0 Å². The molecule has 0 aliphatic heterocycles. The minimum absolute atomic E-state index is 0.439. The zero-order valence-corrected chi connectivity index (χ0v) is 12.3. The summed E-state index contributed by atoms with van der Waals surface area (Å²) in [5.74, 6) is 0. The summed E-state index contributed by atoms with van der Waals surface area (Å²) in [6.07, 6.45) is 2.75. The average Bonchev–Trinajstić information content (AvgIpc) is 2.34. The first-order valence-corrected chi connectivity index (χ1v) is 8.03. The molecule has 0 radical (unpaired) electrons. The van der Waals surface area contributed by atoms with Gasteiger partial charge >= 0.3 is 0 Å². The topological polar surface area (TPSA) is 37.4 Å². The number of hydrogen-bond donors (Lipinski definition) is 0. The van der Waals surface area contributed by atoms with Crippen molar-refractivity contribution in [2.45, 2.75) is 44.9 Å². The van der Waals surface area contributed by atoms with Gasteiger partial charge in [-0.15, -0.1) is 0 Å². The second-order valence-corrected chi connectivity index (χ2v) is 6.43. The zero-order chi connectivity index (χ0) is 13.6. The quantitative estimate of drug-likeness (QED) is 0.762. The monoisotopic (exact) mass is 269 g/mol. The number of sulfonamides is 1. The summed E-state index contributed by atoms with van der Waals surface area (Å²) in [4.78, 5) is 0.439. The lowest BCUT2D eigenvalue weighted by Gasteiger charge is -2.22. The summed E-state index contributed by atoms with van der Waals surface area (Å²) in [5.41, 5.74) is 0.815. The Labute approximate surface area is 111 Å². The molecule has 0 aliphatic carbocycles. The molecular weight excluding hydrogens is 246 g/mol. The summed E-state index contributed by atoms with van der Waals surface area (Å²) in [5, 5.41) is 0. The first-order chi connectivity index (χ1) is 8.54. The van der Waals surface area contributed by atoms with Crippen molar-refractivity contribution in [3.05, 3.63) is 29.8 Å². The van der Waals surface area contributed by atoms with Gasteiger partial charge in [0.05, 0.1) is 4.90 Å². The maximum Gasteiger partial charge on any atom is 0.243 e. The zero-order valence-electron chi connectivity index (χ0n) is 11.5. The number of benzene rings is 1. The molecule has 4 heteroatoms. The Balaban J connectivity index is 3.05. The van der Waals surface area contributed by atoms with Crippen molar-refractivity contribution in [1.82, 2.24) is 4.31 Å². The van der Waals surface area contributed by atoms with Crippen molar-refractivity contribution in [3.8, 4) is 0 Å². The number of aryl methyl sites for hydroxylation is 1. The van der Waals surface area contributed by atoms with Crippen LogP contribution in [0.2, 0.25) is 0 Å². The van der Waals surface area contributed by atoms with E-state index < -0.39 is 10.0 Å². The fraction of sp³-hybridized carbons (Fsp3) is 0.571. The molecule has 3 nitrogen and oxygen atoms in total. The van der Waals surface area contributed by atoms with Gasteiger partial charge in [0.2, 0.25) is 10.0 Å². The molecule has 18 heavy (non-hydrogen) atoms. The molecular formula is C14H23NO2S. The molecule has 0 aliphatic rings. The third-order valence-electron chi connectivity index (χ3n) is 2.95. The maximum absolute atomic E-state index is 12.6. The fourth-order valence-corrected chi connectivity index (χ4v) is 3.72. The van der Waals surface area contributed by atoms with E-state index in [1.807, 2.05) is 26.0 Å². The van der Waals surface area contributed by atoms with E-state index in [2.05, 4.69) is 6.92 Å². The molecule has 102 valence electrons. The van der Waals surface area contributed by atoms with E-state index in [-0.39, 0.29) is 0 Å². The second-order valence-electron chi connectivity index (χ2n) is 4.52. The summed E-state index contributed by atoms with van der Waals surface area (Å²) < 4.78 is 26.8. The average molecular weight is 269 g/mol. The Morgan fingerprint density at radius 1 is 1.06 bits per heavy atom. The largest absolute Gasteiger partial charge is 0.243 e. The highest BCUT2D eigenvalue weighted by Crippen LogP contribution is 2.20. The SMILES string of the molecule is CCCCN(CCC)S(=O)(=O)c1ccccc1C. The first kappa shape index (κ1) is 15.2. The van der Waals surface area contributed by atoms with E-state index in [0.29, 0.717) is 18.0 Å². The van der Waals surface area contributed by atoms with Crippen molar-refractivity contribution in [2.75, 3.05) is 13.1 Å².